The summed E-state index contributed by atoms with van der Waals surface area (Å²) in [5.41, 5.74) is 1.25. The fourth-order valence-corrected chi connectivity index (χ4v) is 1.56. The normalized spacial score (nSPS) is 14.8. The molecule has 1 N–H and O–H groups in total. The first kappa shape index (κ1) is 9.13. The highest BCUT2D eigenvalue weighted by atomic mass is 16.5. The molecule has 0 unspecified atom stereocenters. The molecule has 0 amide bonds. The van der Waals surface area contributed by atoms with Gasteiger partial charge in [-0.3, -0.25) is 0 Å². The van der Waals surface area contributed by atoms with Crippen LogP contribution in [0.3, 0.4) is 0 Å². The van der Waals surface area contributed by atoms with Gasteiger partial charge in [0, 0.05) is 6.54 Å². The van der Waals surface area contributed by atoms with Crippen LogP contribution in [0.25, 0.3) is 0 Å². The number of aryl methyl sites for hydroxylation is 1. The van der Waals surface area contributed by atoms with Gasteiger partial charge >= 0.3 is 0 Å². The fourth-order valence-electron chi connectivity index (χ4n) is 1.56. The first-order valence-corrected chi connectivity index (χ1v) is 5.10. The Hall–Kier alpha value is -1.44. The van der Waals surface area contributed by atoms with Gasteiger partial charge < -0.3 is 10.1 Å². The van der Waals surface area contributed by atoms with E-state index in [1.165, 1.54) is 5.56 Å². The maximum absolute atomic E-state index is 5.75. The Morgan fingerprint density at radius 3 is 2.93 bits per heavy atom. The fraction of sp³-hybridized carbons (Fsp3) is 0.333. The summed E-state index contributed by atoms with van der Waals surface area (Å²) in [6.45, 7) is 3.13. The van der Waals surface area contributed by atoms with Crippen LogP contribution in [-0.2, 0) is 6.42 Å². The second-order valence-electron chi connectivity index (χ2n) is 3.35. The molecule has 74 valence electrons. The molecule has 1 aromatic carbocycles. The van der Waals surface area contributed by atoms with E-state index >= 15 is 0 Å². The minimum atomic E-state index is 0.894. The van der Waals surface area contributed by atoms with Gasteiger partial charge in [0.15, 0.2) is 5.88 Å². The number of hydrogen-bond donors (Lipinski definition) is 1. The van der Waals surface area contributed by atoms with Crippen LogP contribution in [0.15, 0.2) is 36.2 Å². The highest BCUT2D eigenvalue weighted by Crippen LogP contribution is 2.20. The average Bonchev–Trinajstić information content (AvgIpc) is 2.71. The van der Waals surface area contributed by atoms with Gasteiger partial charge in [0.1, 0.15) is 5.75 Å². The standard InChI is InChI=1S/C12H15NO/c1-2-10-6-3-4-7-11(10)14-12-8-5-9-13-12/h3-4,6-8,13H,2,5,9H2,1H3. The summed E-state index contributed by atoms with van der Waals surface area (Å²) in [7, 11) is 0. The van der Waals surface area contributed by atoms with Crippen molar-refractivity contribution in [2.75, 3.05) is 6.54 Å². The van der Waals surface area contributed by atoms with Gasteiger partial charge in [-0.25, -0.2) is 0 Å². The summed E-state index contributed by atoms with van der Waals surface area (Å²) in [6, 6.07) is 8.16. The van der Waals surface area contributed by atoms with Crippen LogP contribution in [0.5, 0.6) is 5.75 Å². The quantitative estimate of drug-likeness (QED) is 0.788. The van der Waals surface area contributed by atoms with Crippen molar-refractivity contribution in [3.63, 3.8) is 0 Å². The lowest BCUT2D eigenvalue weighted by atomic mass is 10.1. The molecule has 0 aromatic heterocycles. The number of ether oxygens (including phenoxy) is 1. The third-order valence-corrected chi connectivity index (χ3v) is 2.35. The maximum Gasteiger partial charge on any atom is 0.189 e. The molecule has 0 fully saturated rings. The predicted molar refractivity (Wildman–Crippen MR) is 57.2 cm³/mol. The van der Waals surface area contributed by atoms with E-state index in [1.807, 2.05) is 18.2 Å². The molecule has 2 heteroatoms. The van der Waals surface area contributed by atoms with E-state index < -0.39 is 0 Å². The van der Waals surface area contributed by atoms with E-state index in [0.717, 1.165) is 31.0 Å². The van der Waals surface area contributed by atoms with Crippen molar-refractivity contribution in [2.45, 2.75) is 19.8 Å². The monoisotopic (exact) mass is 189 g/mol. The first-order chi connectivity index (χ1) is 6.90. The van der Waals surface area contributed by atoms with Crippen LogP contribution in [0, 0.1) is 0 Å². The molecule has 0 radical (unpaired) electrons. The zero-order chi connectivity index (χ0) is 9.80. The second-order valence-corrected chi connectivity index (χ2v) is 3.35. The van der Waals surface area contributed by atoms with Crippen LogP contribution in [-0.4, -0.2) is 6.54 Å². The van der Waals surface area contributed by atoms with Crippen molar-refractivity contribution in [1.29, 1.82) is 0 Å². The van der Waals surface area contributed by atoms with Crippen molar-refractivity contribution < 1.29 is 4.74 Å². The number of hydrogen-bond acceptors (Lipinski definition) is 2. The van der Waals surface area contributed by atoms with Gasteiger partial charge in [-0.15, -0.1) is 0 Å². The molecule has 14 heavy (non-hydrogen) atoms. The minimum Gasteiger partial charge on any atom is -0.441 e. The summed E-state index contributed by atoms with van der Waals surface area (Å²) in [6.07, 6.45) is 4.15. The summed E-state index contributed by atoms with van der Waals surface area (Å²) in [5.74, 6) is 1.86. The highest BCUT2D eigenvalue weighted by molar-refractivity contribution is 5.34. The molecule has 0 atom stereocenters. The number of para-hydroxylation sites is 1. The third-order valence-electron chi connectivity index (χ3n) is 2.35. The summed E-state index contributed by atoms with van der Waals surface area (Å²) in [5, 5.41) is 3.20. The highest BCUT2D eigenvalue weighted by Gasteiger charge is 2.07. The van der Waals surface area contributed by atoms with E-state index in [4.69, 9.17) is 4.74 Å². The van der Waals surface area contributed by atoms with Crippen molar-refractivity contribution in [2.24, 2.45) is 0 Å². The van der Waals surface area contributed by atoms with E-state index in [-0.39, 0.29) is 0 Å². The molecule has 1 heterocycles. The first-order valence-electron chi connectivity index (χ1n) is 5.10. The van der Waals surface area contributed by atoms with E-state index in [1.54, 1.807) is 0 Å². The Balaban J connectivity index is 2.15. The van der Waals surface area contributed by atoms with E-state index in [2.05, 4.69) is 24.4 Å². The van der Waals surface area contributed by atoms with Crippen LogP contribution in [0.1, 0.15) is 18.9 Å². The third kappa shape index (κ3) is 1.90. The van der Waals surface area contributed by atoms with Crippen LogP contribution in [0.2, 0.25) is 0 Å². The molecule has 0 aliphatic carbocycles. The van der Waals surface area contributed by atoms with Crippen molar-refractivity contribution >= 4 is 0 Å². The molecule has 1 aromatic rings. The van der Waals surface area contributed by atoms with Crippen LogP contribution >= 0.6 is 0 Å². The van der Waals surface area contributed by atoms with Gasteiger partial charge in [-0.2, -0.15) is 0 Å². The summed E-state index contributed by atoms with van der Waals surface area (Å²) < 4.78 is 5.75. The van der Waals surface area contributed by atoms with Gasteiger partial charge in [0.25, 0.3) is 0 Å². The van der Waals surface area contributed by atoms with Crippen molar-refractivity contribution in [3.8, 4) is 5.75 Å². The lowest BCUT2D eigenvalue weighted by molar-refractivity contribution is 0.390. The Kier molecular flexibility index (Phi) is 2.73. The number of nitrogens with one attached hydrogen (secondary N) is 1. The molecule has 2 nitrogen and oxygen atoms in total. The second kappa shape index (κ2) is 4.18. The zero-order valence-electron chi connectivity index (χ0n) is 8.42. The molecule has 2 rings (SSSR count). The molecule has 1 aliphatic heterocycles. The molecule has 0 bridgehead atoms. The van der Waals surface area contributed by atoms with E-state index in [0.29, 0.717) is 0 Å². The molecule has 0 saturated heterocycles. The Morgan fingerprint density at radius 2 is 2.21 bits per heavy atom. The maximum atomic E-state index is 5.75. The smallest absolute Gasteiger partial charge is 0.189 e. The lowest BCUT2D eigenvalue weighted by Gasteiger charge is -2.10. The molecule has 0 spiro atoms. The Labute approximate surface area is 84.6 Å². The predicted octanol–water partition coefficient (Wildman–Crippen LogP) is 2.46. The van der Waals surface area contributed by atoms with Gasteiger partial charge in [0.2, 0.25) is 0 Å². The molecular formula is C12H15NO. The minimum absolute atomic E-state index is 0.894. The van der Waals surface area contributed by atoms with Crippen LogP contribution < -0.4 is 10.1 Å². The largest absolute Gasteiger partial charge is 0.441 e. The SMILES string of the molecule is CCc1ccccc1OC1=CCCN1. The Bertz CT molecular complexity index is 344. The topological polar surface area (TPSA) is 21.3 Å². The molecule has 0 saturated carbocycles. The van der Waals surface area contributed by atoms with Crippen molar-refractivity contribution in [3.05, 3.63) is 41.8 Å². The molecule has 1 aliphatic rings. The summed E-state index contributed by atoms with van der Waals surface area (Å²) >= 11 is 0. The van der Waals surface area contributed by atoms with Gasteiger partial charge in [0.05, 0.1) is 0 Å². The van der Waals surface area contributed by atoms with Gasteiger partial charge in [-0.05, 0) is 30.5 Å². The Morgan fingerprint density at radius 1 is 1.36 bits per heavy atom. The lowest BCUT2D eigenvalue weighted by Crippen LogP contribution is -2.12. The van der Waals surface area contributed by atoms with Gasteiger partial charge in [-0.1, -0.05) is 25.1 Å². The number of rotatable bonds is 3. The average molecular weight is 189 g/mol. The van der Waals surface area contributed by atoms with E-state index in [9.17, 15) is 0 Å². The zero-order valence-corrected chi connectivity index (χ0v) is 8.42. The summed E-state index contributed by atoms with van der Waals surface area (Å²) in [4.78, 5) is 0. The van der Waals surface area contributed by atoms with Crippen LogP contribution in [0.4, 0.5) is 0 Å². The van der Waals surface area contributed by atoms with Crippen molar-refractivity contribution in [1.82, 2.24) is 5.32 Å². The molecular weight excluding hydrogens is 174 g/mol. The number of benzene rings is 1.